The molecule has 0 N–H and O–H groups in total. The van der Waals surface area contributed by atoms with E-state index >= 15 is 0 Å². The van der Waals surface area contributed by atoms with Crippen molar-refractivity contribution in [2.45, 2.75) is 19.3 Å². The lowest BCUT2D eigenvalue weighted by atomic mass is 9.82. The summed E-state index contributed by atoms with van der Waals surface area (Å²) < 4.78 is 13.7. The molecule has 0 fully saturated rings. The van der Waals surface area contributed by atoms with Crippen LogP contribution in [0.3, 0.4) is 0 Å². The van der Waals surface area contributed by atoms with Crippen LogP contribution in [0.4, 0.5) is 17.1 Å². The van der Waals surface area contributed by atoms with Crippen LogP contribution in [0.1, 0.15) is 25.0 Å². The van der Waals surface area contributed by atoms with Crippen LogP contribution in [-0.4, -0.2) is 0 Å². The third-order valence-electron chi connectivity index (χ3n) is 13.7. The zero-order valence-corrected chi connectivity index (χ0v) is 35.5. The Morgan fingerprint density at radius 3 is 1.91 bits per heavy atom. The van der Waals surface area contributed by atoms with E-state index in [-0.39, 0.29) is 5.41 Å². The Morgan fingerprint density at radius 1 is 0.391 bits per heavy atom. The van der Waals surface area contributed by atoms with Gasteiger partial charge in [-0.05, 0) is 128 Å². The zero-order valence-electron chi connectivity index (χ0n) is 35.5. The van der Waals surface area contributed by atoms with Gasteiger partial charge in [0.15, 0.2) is 0 Å². The van der Waals surface area contributed by atoms with Crippen LogP contribution in [0.5, 0.6) is 11.5 Å². The van der Waals surface area contributed by atoms with Gasteiger partial charge in [0.2, 0.25) is 0 Å². The SMILES string of the molecule is CC1(C)c2ccccc2-c2ccc(N(c3ccc(-c4cccc5c4oc4ccccc45)cc3)c3cccc4c3-c3cc5ccccc5cc3-c3ccc(-c5ccccc5)cc3O4)cc21. The fraction of sp³-hybridized carbons (Fsp3) is 0.0492. The number of rotatable bonds is 5. The van der Waals surface area contributed by atoms with E-state index in [1.165, 1.54) is 33.0 Å². The van der Waals surface area contributed by atoms with Crippen molar-refractivity contribution in [3.05, 3.63) is 223 Å². The first-order chi connectivity index (χ1) is 31.5. The minimum atomic E-state index is -0.178. The van der Waals surface area contributed by atoms with Crippen LogP contribution in [0.2, 0.25) is 0 Å². The van der Waals surface area contributed by atoms with Gasteiger partial charge in [0.1, 0.15) is 22.7 Å². The molecular formula is C61H41NO2. The monoisotopic (exact) mass is 819 g/mol. The minimum absolute atomic E-state index is 0.178. The molecule has 3 heteroatoms. The number of furan rings is 1. The van der Waals surface area contributed by atoms with Crippen molar-refractivity contribution in [2.75, 3.05) is 4.90 Å². The summed E-state index contributed by atoms with van der Waals surface area (Å²) in [4.78, 5) is 2.43. The van der Waals surface area contributed by atoms with Crippen molar-refractivity contribution in [3.8, 4) is 67.1 Å². The molecule has 3 nitrogen and oxygen atoms in total. The number of nitrogens with zero attached hydrogens (tertiary/aromatic N) is 1. The molecule has 13 rings (SSSR count). The number of fused-ring (bicyclic) bond motifs is 12. The molecule has 64 heavy (non-hydrogen) atoms. The third kappa shape index (κ3) is 5.54. The molecule has 0 saturated carbocycles. The van der Waals surface area contributed by atoms with Crippen LogP contribution in [0, 0.1) is 0 Å². The predicted molar refractivity (Wildman–Crippen MR) is 265 cm³/mol. The van der Waals surface area contributed by atoms with E-state index < -0.39 is 0 Å². The summed E-state index contributed by atoms with van der Waals surface area (Å²) in [6.45, 7) is 4.70. The van der Waals surface area contributed by atoms with E-state index in [9.17, 15) is 0 Å². The maximum Gasteiger partial charge on any atom is 0.143 e. The fourth-order valence-corrected chi connectivity index (χ4v) is 10.5. The summed E-state index contributed by atoms with van der Waals surface area (Å²) in [5.74, 6) is 1.64. The number of hydrogen-bond donors (Lipinski definition) is 0. The highest BCUT2D eigenvalue weighted by Crippen LogP contribution is 2.56. The first kappa shape index (κ1) is 36.5. The number of anilines is 3. The second kappa shape index (κ2) is 13.9. The van der Waals surface area contributed by atoms with Crippen molar-refractivity contribution >= 4 is 49.8 Å². The maximum absolute atomic E-state index is 7.19. The van der Waals surface area contributed by atoms with Crippen LogP contribution in [-0.2, 0) is 5.41 Å². The van der Waals surface area contributed by atoms with E-state index in [4.69, 9.17) is 9.15 Å². The van der Waals surface area contributed by atoms with E-state index in [0.29, 0.717) is 0 Å². The molecule has 2 heterocycles. The summed E-state index contributed by atoms with van der Waals surface area (Å²) >= 11 is 0. The molecule has 302 valence electrons. The first-order valence-electron chi connectivity index (χ1n) is 22.1. The molecule has 0 radical (unpaired) electrons. The van der Waals surface area contributed by atoms with Gasteiger partial charge in [-0.2, -0.15) is 0 Å². The van der Waals surface area contributed by atoms with Crippen LogP contribution in [0.15, 0.2) is 217 Å². The standard InChI is InChI=1S/C61H41NO2/c1-61(2)53-22-10-8-18-46(53)47-33-31-44(37-54(47)61)62(43-29-26-39(27-30-43)45-20-12-21-50-48-19-9-11-24-56(48)64-60(45)50)55-23-13-25-57-59(55)52-35-41-17-7-6-16-40(41)34-51(52)49-32-28-42(36-58(49)63-57)38-14-4-3-5-15-38/h3-37H,1-2H3. The average molecular weight is 820 g/mol. The van der Waals surface area contributed by atoms with E-state index in [2.05, 4.69) is 219 Å². The number of para-hydroxylation sites is 2. The Bertz CT molecular complexity index is 3670. The molecule has 2 aliphatic rings. The molecule has 0 saturated heterocycles. The van der Waals surface area contributed by atoms with Crippen molar-refractivity contribution in [3.63, 3.8) is 0 Å². The molecular weight excluding hydrogens is 779 g/mol. The topological polar surface area (TPSA) is 25.6 Å². The van der Waals surface area contributed by atoms with Gasteiger partial charge in [-0.15, -0.1) is 0 Å². The number of benzene rings is 10. The lowest BCUT2D eigenvalue weighted by molar-refractivity contribution is 0.488. The van der Waals surface area contributed by atoms with Gasteiger partial charge in [0.05, 0.1) is 5.69 Å². The molecule has 1 aliphatic heterocycles. The second-order valence-corrected chi connectivity index (χ2v) is 17.6. The first-order valence-corrected chi connectivity index (χ1v) is 22.1. The second-order valence-electron chi connectivity index (χ2n) is 17.6. The molecule has 0 amide bonds. The van der Waals surface area contributed by atoms with Crippen molar-refractivity contribution in [1.82, 2.24) is 0 Å². The fourth-order valence-electron chi connectivity index (χ4n) is 10.5. The van der Waals surface area contributed by atoms with Crippen molar-refractivity contribution < 1.29 is 9.15 Å². The lowest BCUT2D eigenvalue weighted by Crippen LogP contribution is -2.17. The maximum atomic E-state index is 7.19. The number of ether oxygens (including phenoxy) is 1. The van der Waals surface area contributed by atoms with Gasteiger partial charge < -0.3 is 14.1 Å². The molecule has 0 atom stereocenters. The molecule has 1 aliphatic carbocycles. The highest BCUT2D eigenvalue weighted by molar-refractivity contribution is 6.10. The average Bonchev–Trinajstić information content (AvgIpc) is 3.78. The Kier molecular flexibility index (Phi) is 7.95. The van der Waals surface area contributed by atoms with Crippen molar-refractivity contribution in [1.29, 1.82) is 0 Å². The van der Waals surface area contributed by atoms with Crippen LogP contribution >= 0.6 is 0 Å². The summed E-state index contributed by atoms with van der Waals surface area (Å²) in [5.41, 5.74) is 18.8. The summed E-state index contributed by atoms with van der Waals surface area (Å²) in [6.07, 6.45) is 0. The smallest absolute Gasteiger partial charge is 0.143 e. The van der Waals surface area contributed by atoms with E-state index in [1.807, 2.05) is 12.1 Å². The van der Waals surface area contributed by atoms with Gasteiger partial charge in [-0.3, -0.25) is 0 Å². The highest BCUT2D eigenvalue weighted by Gasteiger charge is 2.36. The largest absolute Gasteiger partial charge is 0.456 e. The van der Waals surface area contributed by atoms with Gasteiger partial charge in [0.25, 0.3) is 0 Å². The number of hydrogen-bond acceptors (Lipinski definition) is 3. The van der Waals surface area contributed by atoms with Crippen molar-refractivity contribution in [2.24, 2.45) is 0 Å². The zero-order chi connectivity index (χ0) is 42.5. The van der Waals surface area contributed by atoms with Crippen LogP contribution in [0.25, 0.3) is 88.3 Å². The Hall–Kier alpha value is -8.14. The van der Waals surface area contributed by atoms with Gasteiger partial charge in [-0.25, -0.2) is 0 Å². The molecule has 10 aromatic carbocycles. The molecule has 0 unspecified atom stereocenters. The third-order valence-corrected chi connectivity index (χ3v) is 13.7. The summed E-state index contributed by atoms with van der Waals surface area (Å²) in [6, 6.07) is 76.7. The summed E-state index contributed by atoms with van der Waals surface area (Å²) in [5, 5.41) is 4.62. The Balaban J connectivity index is 1.04. The predicted octanol–water partition coefficient (Wildman–Crippen LogP) is 17.3. The van der Waals surface area contributed by atoms with Gasteiger partial charge in [-0.1, -0.05) is 159 Å². The molecule has 0 spiro atoms. The van der Waals surface area contributed by atoms with Gasteiger partial charge in [0, 0.05) is 44.3 Å². The summed E-state index contributed by atoms with van der Waals surface area (Å²) in [7, 11) is 0. The Morgan fingerprint density at radius 2 is 1.05 bits per heavy atom. The molecule has 0 bridgehead atoms. The van der Waals surface area contributed by atoms with E-state index in [0.717, 1.165) is 95.0 Å². The highest BCUT2D eigenvalue weighted by atomic mass is 16.5. The minimum Gasteiger partial charge on any atom is -0.456 e. The normalized spacial score (nSPS) is 13.1. The van der Waals surface area contributed by atoms with Gasteiger partial charge >= 0.3 is 0 Å². The molecule has 11 aromatic rings. The Labute approximate surface area is 372 Å². The molecule has 1 aromatic heterocycles. The van der Waals surface area contributed by atoms with Crippen LogP contribution < -0.4 is 9.64 Å². The quantitative estimate of drug-likeness (QED) is 0.173. The lowest BCUT2D eigenvalue weighted by Gasteiger charge is -2.30. The van der Waals surface area contributed by atoms with E-state index in [1.54, 1.807) is 0 Å².